The monoisotopic (exact) mass is 336 g/mol. The van der Waals surface area contributed by atoms with Crippen LogP contribution in [0.4, 0.5) is 0 Å². The summed E-state index contributed by atoms with van der Waals surface area (Å²) in [6.45, 7) is 5.24. The number of aliphatic hydroxyl groups is 1. The SMILES string of the molecule is CC(C)C(O)CNCc1cn(-c2ccccc2)nc1-c1ccncc1. The molecule has 0 fully saturated rings. The zero-order valence-corrected chi connectivity index (χ0v) is 14.6. The highest BCUT2D eigenvalue weighted by Crippen LogP contribution is 2.23. The normalized spacial score (nSPS) is 12.5. The fraction of sp³-hybridized carbons (Fsp3) is 0.300. The molecule has 1 unspecified atom stereocenters. The molecular formula is C20H24N4O. The van der Waals surface area contributed by atoms with E-state index in [1.807, 2.05) is 67.2 Å². The van der Waals surface area contributed by atoms with Crippen molar-refractivity contribution in [2.75, 3.05) is 6.54 Å². The van der Waals surface area contributed by atoms with Crippen LogP contribution in [0.15, 0.2) is 61.1 Å². The Bertz CT molecular complexity index is 784. The van der Waals surface area contributed by atoms with Crippen LogP contribution in [0, 0.1) is 5.92 Å². The van der Waals surface area contributed by atoms with Crippen molar-refractivity contribution in [3.63, 3.8) is 0 Å². The van der Waals surface area contributed by atoms with Gasteiger partial charge in [-0.1, -0.05) is 32.0 Å². The lowest BCUT2D eigenvalue weighted by molar-refractivity contribution is 0.123. The molecule has 25 heavy (non-hydrogen) atoms. The van der Waals surface area contributed by atoms with Crippen LogP contribution in [-0.4, -0.2) is 32.5 Å². The summed E-state index contributed by atoms with van der Waals surface area (Å²) in [7, 11) is 0. The molecule has 5 heteroatoms. The molecule has 0 aliphatic carbocycles. The van der Waals surface area contributed by atoms with Crippen molar-refractivity contribution in [3.8, 4) is 16.9 Å². The first-order valence-electron chi connectivity index (χ1n) is 8.58. The number of hydrogen-bond donors (Lipinski definition) is 2. The fourth-order valence-corrected chi connectivity index (χ4v) is 2.60. The van der Waals surface area contributed by atoms with Crippen molar-refractivity contribution < 1.29 is 5.11 Å². The number of benzene rings is 1. The maximum atomic E-state index is 9.98. The van der Waals surface area contributed by atoms with Gasteiger partial charge in [0.1, 0.15) is 0 Å². The van der Waals surface area contributed by atoms with E-state index in [1.54, 1.807) is 12.4 Å². The maximum absolute atomic E-state index is 9.98. The van der Waals surface area contributed by atoms with Gasteiger partial charge in [0.2, 0.25) is 0 Å². The number of aliphatic hydroxyl groups excluding tert-OH is 1. The average molecular weight is 336 g/mol. The minimum atomic E-state index is -0.353. The summed E-state index contributed by atoms with van der Waals surface area (Å²) < 4.78 is 1.89. The Labute approximate surface area is 148 Å². The number of hydrogen-bond acceptors (Lipinski definition) is 4. The summed E-state index contributed by atoms with van der Waals surface area (Å²) in [4.78, 5) is 4.09. The zero-order chi connectivity index (χ0) is 17.6. The average Bonchev–Trinajstić information content (AvgIpc) is 3.07. The molecule has 0 aliphatic rings. The number of rotatable bonds is 7. The zero-order valence-electron chi connectivity index (χ0n) is 14.6. The van der Waals surface area contributed by atoms with Gasteiger partial charge in [-0.3, -0.25) is 4.98 Å². The number of pyridine rings is 1. The van der Waals surface area contributed by atoms with Gasteiger partial charge in [-0.15, -0.1) is 0 Å². The first-order chi connectivity index (χ1) is 12.1. The molecule has 130 valence electrons. The Hall–Kier alpha value is -2.50. The van der Waals surface area contributed by atoms with Crippen molar-refractivity contribution in [2.24, 2.45) is 5.92 Å². The van der Waals surface area contributed by atoms with Gasteiger partial charge in [0.25, 0.3) is 0 Å². The smallest absolute Gasteiger partial charge is 0.0973 e. The highest BCUT2D eigenvalue weighted by molar-refractivity contribution is 5.62. The van der Waals surface area contributed by atoms with E-state index in [0.717, 1.165) is 22.5 Å². The van der Waals surface area contributed by atoms with Crippen molar-refractivity contribution in [1.29, 1.82) is 0 Å². The van der Waals surface area contributed by atoms with E-state index in [2.05, 4.69) is 10.3 Å². The van der Waals surface area contributed by atoms with Crippen LogP contribution in [0.5, 0.6) is 0 Å². The number of para-hydroxylation sites is 1. The molecule has 2 aromatic heterocycles. The Kier molecular flexibility index (Phi) is 5.58. The summed E-state index contributed by atoms with van der Waals surface area (Å²) in [5, 5.41) is 18.1. The summed E-state index contributed by atoms with van der Waals surface area (Å²) in [6.07, 6.45) is 5.24. The third-order valence-corrected chi connectivity index (χ3v) is 4.20. The van der Waals surface area contributed by atoms with Gasteiger partial charge in [-0.25, -0.2) is 4.68 Å². The predicted molar refractivity (Wildman–Crippen MR) is 99.3 cm³/mol. The Morgan fingerprint density at radius 1 is 1.08 bits per heavy atom. The van der Waals surface area contributed by atoms with E-state index in [4.69, 9.17) is 5.10 Å². The second-order valence-electron chi connectivity index (χ2n) is 6.46. The lowest BCUT2D eigenvalue weighted by Gasteiger charge is -2.14. The highest BCUT2D eigenvalue weighted by atomic mass is 16.3. The molecule has 0 saturated heterocycles. The molecule has 0 aliphatic heterocycles. The Morgan fingerprint density at radius 3 is 2.48 bits per heavy atom. The molecule has 0 spiro atoms. The van der Waals surface area contributed by atoms with E-state index in [-0.39, 0.29) is 12.0 Å². The van der Waals surface area contributed by atoms with Crippen LogP contribution in [-0.2, 0) is 6.54 Å². The van der Waals surface area contributed by atoms with Crippen LogP contribution in [0.25, 0.3) is 16.9 Å². The quantitative estimate of drug-likeness (QED) is 0.696. The second-order valence-corrected chi connectivity index (χ2v) is 6.46. The van der Waals surface area contributed by atoms with Gasteiger partial charge in [-0.05, 0) is 30.2 Å². The van der Waals surface area contributed by atoms with Gasteiger partial charge >= 0.3 is 0 Å². The highest BCUT2D eigenvalue weighted by Gasteiger charge is 2.13. The van der Waals surface area contributed by atoms with Crippen molar-refractivity contribution in [2.45, 2.75) is 26.5 Å². The molecule has 1 aromatic carbocycles. The largest absolute Gasteiger partial charge is 0.392 e. The number of aromatic nitrogens is 3. The summed E-state index contributed by atoms with van der Waals surface area (Å²) in [6, 6.07) is 14.0. The van der Waals surface area contributed by atoms with Crippen molar-refractivity contribution in [3.05, 3.63) is 66.6 Å². The van der Waals surface area contributed by atoms with E-state index in [0.29, 0.717) is 13.1 Å². The maximum Gasteiger partial charge on any atom is 0.0973 e. The molecule has 2 N–H and O–H groups in total. The lowest BCUT2D eigenvalue weighted by atomic mass is 10.1. The summed E-state index contributed by atoms with van der Waals surface area (Å²) in [5.41, 5.74) is 4.07. The van der Waals surface area contributed by atoms with Gasteiger partial charge in [-0.2, -0.15) is 5.10 Å². The third kappa shape index (κ3) is 4.32. The number of nitrogens with one attached hydrogen (secondary N) is 1. The molecule has 0 bridgehead atoms. The van der Waals surface area contributed by atoms with Gasteiger partial charge < -0.3 is 10.4 Å². The van der Waals surface area contributed by atoms with Crippen LogP contribution in [0.3, 0.4) is 0 Å². The molecule has 3 aromatic rings. The van der Waals surface area contributed by atoms with Crippen molar-refractivity contribution in [1.82, 2.24) is 20.1 Å². The summed E-state index contributed by atoms with van der Waals surface area (Å²) in [5.74, 6) is 0.235. The molecular weight excluding hydrogens is 312 g/mol. The summed E-state index contributed by atoms with van der Waals surface area (Å²) >= 11 is 0. The van der Waals surface area contributed by atoms with E-state index < -0.39 is 0 Å². The minimum absolute atomic E-state index is 0.235. The van der Waals surface area contributed by atoms with E-state index in [1.165, 1.54) is 0 Å². The van der Waals surface area contributed by atoms with Crippen LogP contribution >= 0.6 is 0 Å². The molecule has 0 amide bonds. The van der Waals surface area contributed by atoms with Crippen LogP contribution < -0.4 is 5.32 Å². The molecule has 5 nitrogen and oxygen atoms in total. The first kappa shape index (κ1) is 17.3. The third-order valence-electron chi connectivity index (χ3n) is 4.20. The topological polar surface area (TPSA) is 63.0 Å². The lowest BCUT2D eigenvalue weighted by Crippen LogP contribution is -2.30. The molecule has 0 radical (unpaired) electrons. The molecule has 3 rings (SSSR count). The predicted octanol–water partition coefficient (Wildman–Crippen LogP) is 3.04. The molecule has 2 heterocycles. The second kappa shape index (κ2) is 8.05. The molecule has 1 atom stereocenters. The van der Waals surface area contributed by atoms with Crippen LogP contribution in [0.1, 0.15) is 19.4 Å². The molecule has 0 saturated carbocycles. The minimum Gasteiger partial charge on any atom is -0.392 e. The Morgan fingerprint density at radius 2 is 1.80 bits per heavy atom. The van der Waals surface area contributed by atoms with Crippen LogP contribution in [0.2, 0.25) is 0 Å². The van der Waals surface area contributed by atoms with Gasteiger partial charge in [0.15, 0.2) is 0 Å². The van der Waals surface area contributed by atoms with E-state index >= 15 is 0 Å². The van der Waals surface area contributed by atoms with E-state index in [9.17, 15) is 5.11 Å². The standard InChI is InChI=1S/C20H24N4O/c1-15(2)19(25)13-22-12-17-14-24(18-6-4-3-5-7-18)23-20(17)16-8-10-21-11-9-16/h3-11,14-15,19,22,25H,12-13H2,1-2H3. The Balaban J connectivity index is 1.86. The van der Waals surface area contributed by atoms with Gasteiger partial charge in [0, 0.05) is 42.8 Å². The number of nitrogens with zero attached hydrogens (tertiary/aromatic N) is 3. The fourth-order valence-electron chi connectivity index (χ4n) is 2.60. The first-order valence-corrected chi connectivity index (χ1v) is 8.58. The van der Waals surface area contributed by atoms with Gasteiger partial charge in [0.05, 0.1) is 17.5 Å². The van der Waals surface area contributed by atoms with Crippen molar-refractivity contribution >= 4 is 0 Å².